The highest BCUT2D eigenvalue weighted by atomic mass is 16.5. The molecular formula is C20H33N3O2. The topological polar surface area (TPSA) is 54.9 Å². The first kappa shape index (κ1) is 19.7. The summed E-state index contributed by atoms with van der Waals surface area (Å²) in [6, 6.07) is 10.3. The normalized spacial score (nSPS) is 15.8. The second-order valence-corrected chi connectivity index (χ2v) is 6.57. The lowest BCUT2D eigenvalue weighted by Crippen LogP contribution is -2.38. The van der Waals surface area contributed by atoms with Gasteiger partial charge in [0.2, 0.25) is 0 Å². The van der Waals surface area contributed by atoms with Gasteiger partial charge in [-0.25, -0.2) is 0 Å². The molecule has 0 bridgehead atoms. The van der Waals surface area contributed by atoms with Crippen LogP contribution in [0.2, 0.25) is 0 Å². The number of benzene rings is 1. The molecule has 25 heavy (non-hydrogen) atoms. The lowest BCUT2D eigenvalue weighted by molar-refractivity contribution is 0.0646. The average molecular weight is 348 g/mol. The third-order valence-corrected chi connectivity index (χ3v) is 4.28. The zero-order valence-electron chi connectivity index (χ0n) is 15.7. The molecule has 0 heterocycles. The Labute approximate surface area is 152 Å². The molecule has 1 unspecified atom stereocenters. The second kappa shape index (κ2) is 11.9. The van der Waals surface area contributed by atoms with Crippen molar-refractivity contribution in [3.63, 3.8) is 0 Å². The lowest BCUT2D eigenvalue weighted by Gasteiger charge is -2.15. The molecular weight excluding hydrogens is 314 g/mol. The molecule has 0 spiro atoms. The van der Waals surface area contributed by atoms with Gasteiger partial charge in [-0.15, -0.1) is 0 Å². The Balaban J connectivity index is 1.45. The zero-order chi connectivity index (χ0) is 17.7. The van der Waals surface area contributed by atoms with Crippen LogP contribution >= 0.6 is 0 Å². The number of nitrogens with one attached hydrogen (secondary N) is 2. The predicted molar refractivity (Wildman–Crippen MR) is 103 cm³/mol. The molecule has 1 aromatic rings. The number of hydrogen-bond donors (Lipinski definition) is 2. The first-order valence-electron chi connectivity index (χ1n) is 9.48. The predicted octanol–water partition coefficient (Wildman–Crippen LogP) is 3.14. The summed E-state index contributed by atoms with van der Waals surface area (Å²) < 4.78 is 11.5. The van der Waals surface area contributed by atoms with Gasteiger partial charge in [0.25, 0.3) is 0 Å². The maximum Gasteiger partial charge on any atom is 0.190 e. The Morgan fingerprint density at radius 3 is 2.44 bits per heavy atom. The van der Waals surface area contributed by atoms with Gasteiger partial charge in [-0.05, 0) is 44.1 Å². The minimum atomic E-state index is 0.134. The zero-order valence-corrected chi connectivity index (χ0v) is 15.7. The van der Waals surface area contributed by atoms with Crippen LogP contribution in [0, 0.1) is 5.92 Å². The molecule has 2 rings (SSSR count). The van der Waals surface area contributed by atoms with E-state index in [1.54, 1.807) is 7.05 Å². The van der Waals surface area contributed by atoms with Crippen LogP contribution in [0.1, 0.15) is 44.3 Å². The van der Waals surface area contributed by atoms with Gasteiger partial charge in [-0.3, -0.25) is 4.99 Å². The van der Waals surface area contributed by atoms with Gasteiger partial charge in [0.1, 0.15) is 0 Å². The molecule has 0 aliphatic heterocycles. The van der Waals surface area contributed by atoms with Gasteiger partial charge in [0.05, 0.1) is 6.10 Å². The first-order valence-corrected chi connectivity index (χ1v) is 9.48. The van der Waals surface area contributed by atoms with E-state index in [9.17, 15) is 0 Å². The maximum atomic E-state index is 5.88. The standard InChI is InChI=1S/C20H33N3O2/c1-17(19-8-4-3-5-9-19)25-15-7-13-23-20(21-2)22-12-6-14-24-16-18-10-11-18/h3-5,8-9,17-18H,6-7,10-16H2,1-2H3,(H2,21,22,23). The summed E-state index contributed by atoms with van der Waals surface area (Å²) in [5.74, 6) is 1.69. The van der Waals surface area contributed by atoms with Crippen molar-refractivity contribution in [3.05, 3.63) is 35.9 Å². The minimum absolute atomic E-state index is 0.134. The maximum absolute atomic E-state index is 5.88. The van der Waals surface area contributed by atoms with E-state index < -0.39 is 0 Å². The van der Waals surface area contributed by atoms with Crippen LogP contribution < -0.4 is 10.6 Å². The van der Waals surface area contributed by atoms with Gasteiger partial charge in [-0.1, -0.05) is 30.3 Å². The molecule has 0 aromatic heterocycles. The number of nitrogens with zero attached hydrogens (tertiary/aromatic N) is 1. The number of rotatable bonds is 12. The van der Waals surface area contributed by atoms with Crippen LogP contribution in [0.15, 0.2) is 35.3 Å². The van der Waals surface area contributed by atoms with Gasteiger partial charge in [0.15, 0.2) is 5.96 Å². The van der Waals surface area contributed by atoms with Gasteiger partial charge in [-0.2, -0.15) is 0 Å². The number of guanidine groups is 1. The van der Waals surface area contributed by atoms with Crippen molar-refractivity contribution in [1.82, 2.24) is 10.6 Å². The van der Waals surface area contributed by atoms with Crippen molar-refractivity contribution in [2.45, 2.75) is 38.7 Å². The van der Waals surface area contributed by atoms with E-state index >= 15 is 0 Å². The SMILES string of the molecule is CN=C(NCCCOCC1CC1)NCCCOC(C)c1ccccc1. The molecule has 140 valence electrons. The van der Waals surface area contributed by atoms with Crippen LogP contribution in [-0.2, 0) is 9.47 Å². The van der Waals surface area contributed by atoms with E-state index in [-0.39, 0.29) is 6.10 Å². The van der Waals surface area contributed by atoms with E-state index in [4.69, 9.17) is 9.47 Å². The highest BCUT2D eigenvalue weighted by Gasteiger charge is 2.20. The van der Waals surface area contributed by atoms with Crippen molar-refractivity contribution < 1.29 is 9.47 Å². The van der Waals surface area contributed by atoms with E-state index in [1.165, 1.54) is 18.4 Å². The molecule has 1 atom stereocenters. The summed E-state index contributed by atoms with van der Waals surface area (Å²) in [4.78, 5) is 4.24. The quantitative estimate of drug-likeness (QED) is 0.346. The van der Waals surface area contributed by atoms with Crippen LogP contribution in [0.5, 0.6) is 0 Å². The average Bonchev–Trinajstić information content (AvgIpc) is 3.47. The van der Waals surface area contributed by atoms with Crippen molar-refractivity contribution in [3.8, 4) is 0 Å². The molecule has 0 amide bonds. The molecule has 0 saturated heterocycles. The summed E-state index contributed by atoms with van der Waals surface area (Å²) >= 11 is 0. The molecule has 1 saturated carbocycles. The second-order valence-electron chi connectivity index (χ2n) is 6.57. The van der Waals surface area contributed by atoms with E-state index in [0.717, 1.165) is 57.6 Å². The Bertz CT molecular complexity index is 489. The fourth-order valence-corrected chi connectivity index (χ4v) is 2.50. The Morgan fingerprint density at radius 1 is 1.12 bits per heavy atom. The van der Waals surface area contributed by atoms with Crippen LogP contribution in [0.4, 0.5) is 0 Å². The van der Waals surface area contributed by atoms with E-state index in [2.05, 4.69) is 34.7 Å². The van der Waals surface area contributed by atoms with Crippen molar-refractivity contribution in [2.24, 2.45) is 10.9 Å². The van der Waals surface area contributed by atoms with Gasteiger partial charge < -0.3 is 20.1 Å². The number of hydrogen-bond acceptors (Lipinski definition) is 3. The molecule has 0 radical (unpaired) electrons. The summed E-state index contributed by atoms with van der Waals surface area (Å²) in [6.45, 7) is 6.31. The molecule has 5 nitrogen and oxygen atoms in total. The summed E-state index contributed by atoms with van der Waals surface area (Å²) in [5, 5.41) is 6.64. The largest absolute Gasteiger partial charge is 0.381 e. The Morgan fingerprint density at radius 2 is 1.80 bits per heavy atom. The third kappa shape index (κ3) is 8.89. The van der Waals surface area contributed by atoms with E-state index in [0.29, 0.717) is 0 Å². The third-order valence-electron chi connectivity index (χ3n) is 4.28. The fraction of sp³-hybridized carbons (Fsp3) is 0.650. The van der Waals surface area contributed by atoms with Crippen molar-refractivity contribution in [1.29, 1.82) is 0 Å². The van der Waals surface area contributed by atoms with Crippen LogP contribution in [-0.4, -0.2) is 45.9 Å². The highest BCUT2D eigenvalue weighted by Crippen LogP contribution is 2.28. The van der Waals surface area contributed by atoms with E-state index in [1.807, 2.05) is 18.2 Å². The minimum Gasteiger partial charge on any atom is -0.381 e. The molecule has 1 aliphatic carbocycles. The smallest absolute Gasteiger partial charge is 0.190 e. The Kier molecular flexibility index (Phi) is 9.37. The van der Waals surface area contributed by atoms with Crippen LogP contribution in [0.3, 0.4) is 0 Å². The lowest BCUT2D eigenvalue weighted by atomic mass is 10.1. The molecule has 1 fully saturated rings. The van der Waals surface area contributed by atoms with Crippen LogP contribution in [0.25, 0.3) is 0 Å². The summed E-state index contributed by atoms with van der Waals surface area (Å²) in [7, 11) is 1.80. The summed E-state index contributed by atoms with van der Waals surface area (Å²) in [6.07, 6.45) is 4.79. The monoisotopic (exact) mass is 347 g/mol. The molecule has 1 aromatic carbocycles. The summed E-state index contributed by atoms with van der Waals surface area (Å²) in [5.41, 5.74) is 1.22. The number of ether oxygens (including phenoxy) is 2. The van der Waals surface area contributed by atoms with Gasteiger partial charge in [0, 0.05) is 40.0 Å². The van der Waals surface area contributed by atoms with Crippen molar-refractivity contribution >= 4 is 5.96 Å². The van der Waals surface area contributed by atoms with Crippen molar-refractivity contribution in [2.75, 3.05) is 40.0 Å². The molecule has 1 aliphatic rings. The molecule has 2 N–H and O–H groups in total. The highest BCUT2D eigenvalue weighted by molar-refractivity contribution is 5.79. The molecule has 5 heteroatoms. The first-order chi connectivity index (χ1) is 12.3. The number of aliphatic imine (C=N–C) groups is 1. The van der Waals surface area contributed by atoms with Gasteiger partial charge >= 0.3 is 0 Å². The fourth-order valence-electron chi connectivity index (χ4n) is 2.50. The Hall–Kier alpha value is -1.59.